The van der Waals surface area contributed by atoms with Crippen molar-refractivity contribution in [3.05, 3.63) is 29.8 Å². The molecule has 0 aliphatic carbocycles. The van der Waals surface area contributed by atoms with Crippen LogP contribution in [0.15, 0.2) is 28.1 Å². The highest BCUT2D eigenvalue weighted by Crippen LogP contribution is 2.20. The summed E-state index contributed by atoms with van der Waals surface area (Å²) in [4.78, 5) is 17.1. The van der Waals surface area contributed by atoms with Crippen LogP contribution in [0, 0.1) is 11.6 Å². The average molecular weight is 389 g/mol. The predicted octanol–water partition coefficient (Wildman–Crippen LogP) is -0.149. The number of carbonyl (C=O) groups excluding carboxylic acids is 1. The smallest absolute Gasteiger partial charge is 0.243 e. The van der Waals surface area contributed by atoms with Crippen LogP contribution in [0.2, 0.25) is 0 Å². The van der Waals surface area contributed by atoms with E-state index in [0.717, 1.165) is 16.4 Å². The lowest BCUT2D eigenvalue weighted by atomic mass is 10.2. The van der Waals surface area contributed by atoms with E-state index in [2.05, 4.69) is 4.99 Å². The molecule has 0 radical (unpaired) electrons. The van der Waals surface area contributed by atoms with Crippen LogP contribution in [-0.4, -0.2) is 62.2 Å². The van der Waals surface area contributed by atoms with Gasteiger partial charge in [-0.05, 0) is 24.6 Å². The van der Waals surface area contributed by atoms with Crippen molar-refractivity contribution >= 4 is 21.9 Å². The Kier molecular flexibility index (Phi) is 6.48. The molecule has 0 aromatic heterocycles. The minimum atomic E-state index is -3.94. The number of aliphatic imine (C=N–C) groups is 1. The molecule has 0 atom stereocenters. The van der Waals surface area contributed by atoms with Gasteiger partial charge in [-0.3, -0.25) is 9.79 Å². The molecule has 1 aliphatic heterocycles. The first kappa shape index (κ1) is 20.0. The number of hydrogen-bond acceptors (Lipinski definition) is 4. The molecule has 1 aliphatic rings. The van der Waals surface area contributed by atoms with Crippen LogP contribution in [-0.2, 0) is 14.8 Å². The molecule has 2 rings (SSSR count). The summed E-state index contributed by atoms with van der Waals surface area (Å²) in [5, 5.41) is 0. The molecule has 0 unspecified atom stereocenters. The Morgan fingerprint density at radius 2 is 1.77 bits per heavy atom. The van der Waals surface area contributed by atoms with Crippen LogP contribution in [0.1, 0.15) is 12.8 Å². The minimum absolute atomic E-state index is 0.0338. The molecule has 11 heteroatoms. The number of halogens is 2. The Bertz CT molecular complexity index is 788. The first-order chi connectivity index (χ1) is 12.2. The molecule has 1 fully saturated rings. The van der Waals surface area contributed by atoms with Crippen LogP contribution in [0.5, 0.6) is 0 Å². The van der Waals surface area contributed by atoms with Crippen molar-refractivity contribution in [1.82, 2.24) is 9.21 Å². The summed E-state index contributed by atoms with van der Waals surface area (Å²) in [6.45, 7) is 0.967. The van der Waals surface area contributed by atoms with Crippen LogP contribution in [0.25, 0.3) is 0 Å². The number of nitrogens with zero attached hydrogens (tertiary/aromatic N) is 3. The molecule has 0 spiro atoms. The fourth-order valence-corrected chi connectivity index (χ4v) is 4.00. The third kappa shape index (κ3) is 4.88. The molecule has 0 bridgehead atoms. The van der Waals surface area contributed by atoms with Gasteiger partial charge in [-0.1, -0.05) is 0 Å². The molecule has 144 valence electrons. The molecule has 8 nitrogen and oxygen atoms in total. The van der Waals surface area contributed by atoms with Gasteiger partial charge in [0.15, 0.2) is 17.6 Å². The van der Waals surface area contributed by atoms with E-state index < -0.39 is 21.7 Å². The number of hydrogen-bond donors (Lipinski definition) is 2. The van der Waals surface area contributed by atoms with Crippen LogP contribution >= 0.6 is 0 Å². The first-order valence-corrected chi connectivity index (χ1v) is 9.44. The maximum atomic E-state index is 13.3. The maximum Gasteiger partial charge on any atom is 0.243 e. The summed E-state index contributed by atoms with van der Waals surface area (Å²) in [6, 6.07) is 2.46. The summed E-state index contributed by atoms with van der Waals surface area (Å²) in [6.07, 6.45) is 0.747. The van der Waals surface area contributed by atoms with E-state index in [1.54, 1.807) is 4.90 Å². The van der Waals surface area contributed by atoms with Gasteiger partial charge in [-0.15, -0.1) is 0 Å². The molecule has 1 amide bonds. The highest BCUT2D eigenvalue weighted by molar-refractivity contribution is 7.89. The molecule has 0 saturated carbocycles. The summed E-state index contributed by atoms with van der Waals surface area (Å²) < 4.78 is 52.4. The van der Waals surface area contributed by atoms with Crippen LogP contribution in [0.3, 0.4) is 0 Å². The molecular formula is C15H21F2N5O3S. The molecular weight excluding hydrogens is 368 g/mol. The van der Waals surface area contributed by atoms with Crippen molar-refractivity contribution in [1.29, 1.82) is 0 Å². The largest absolute Gasteiger partial charge is 0.370 e. The fraction of sp³-hybridized carbons (Fsp3) is 0.467. The molecule has 4 N–H and O–H groups in total. The number of sulfonamides is 1. The number of carbonyl (C=O) groups is 1. The Morgan fingerprint density at radius 1 is 1.12 bits per heavy atom. The van der Waals surface area contributed by atoms with Gasteiger partial charge in [-0.25, -0.2) is 17.2 Å². The summed E-state index contributed by atoms with van der Waals surface area (Å²) in [7, 11) is -3.94. The number of rotatable bonds is 6. The molecule has 1 heterocycles. The van der Waals surface area contributed by atoms with Crippen molar-refractivity contribution in [2.45, 2.75) is 17.7 Å². The fourth-order valence-electron chi connectivity index (χ4n) is 2.56. The Hall–Kier alpha value is -2.27. The van der Waals surface area contributed by atoms with Gasteiger partial charge < -0.3 is 16.4 Å². The quantitative estimate of drug-likeness (QED) is 0.398. The van der Waals surface area contributed by atoms with Gasteiger partial charge in [0.05, 0.1) is 4.90 Å². The number of guanidine groups is 1. The van der Waals surface area contributed by atoms with E-state index in [4.69, 9.17) is 11.5 Å². The lowest BCUT2D eigenvalue weighted by molar-refractivity contribution is -0.132. The Labute approximate surface area is 150 Å². The number of piperazine rings is 1. The van der Waals surface area contributed by atoms with Crippen molar-refractivity contribution < 1.29 is 22.0 Å². The Balaban J connectivity index is 1.91. The molecule has 1 aromatic carbocycles. The van der Waals surface area contributed by atoms with Gasteiger partial charge in [0.25, 0.3) is 0 Å². The van der Waals surface area contributed by atoms with Gasteiger partial charge in [0.2, 0.25) is 15.9 Å². The third-order valence-corrected chi connectivity index (χ3v) is 5.86. The van der Waals surface area contributed by atoms with Gasteiger partial charge in [0.1, 0.15) is 0 Å². The van der Waals surface area contributed by atoms with Gasteiger partial charge >= 0.3 is 0 Å². The van der Waals surface area contributed by atoms with Crippen LogP contribution < -0.4 is 11.5 Å². The van der Waals surface area contributed by atoms with Crippen molar-refractivity contribution in [3.8, 4) is 0 Å². The van der Waals surface area contributed by atoms with Gasteiger partial charge in [-0.2, -0.15) is 4.31 Å². The minimum Gasteiger partial charge on any atom is -0.370 e. The summed E-state index contributed by atoms with van der Waals surface area (Å²) in [5.74, 6) is -2.48. The van der Waals surface area contributed by atoms with Crippen molar-refractivity contribution in [3.63, 3.8) is 0 Å². The number of nitrogens with two attached hydrogens (primary N) is 2. The highest BCUT2D eigenvalue weighted by Gasteiger charge is 2.30. The summed E-state index contributed by atoms with van der Waals surface area (Å²) in [5.41, 5.74) is 10.4. The second-order valence-corrected chi connectivity index (χ2v) is 7.71. The predicted molar refractivity (Wildman–Crippen MR) is 91.6 cm³/mol. The molecule has 1 saturated heterocycles. The maximum absolute atomic E-state index is 13.3. The van der Waals surface area contributed by atoms with Crippen molar-refractivity contribution in [2.75, 3.05) is 32.7 Å². The van der Waals surface area contributed by atoms with Crippen molar-refractivity contribution in [2.24, 2.45) is 16.5 Å². The number of amides is 1. The zero-order valence-electron chi connectivity index (χ0n) is 14.1. The molecule has 1 aromatic rings. The lowest BCUT2D eigenvalue weighted by Gasteiger charge is -2.34. The average Bonchev–Trinajstić information content (AvgIpc) is 2.60. The van der Waals surface area contributed by atoms with Crippen LogP contribution in [0.4, 0.5) is 8.78 Å². The zero-order valence-corrected chi connectivity index (χ0v) is 14.9. The van der Waals surface area contributed by atoms with E-state index in [-0.39, 0.29) is 49.4 Å². The number of benzene rings is 1. The normalized spacial score (nSPS) is 15.7. The second-order valence-electron chi connectivity index (χ2n) is 5.77. The van der Waals surface area contributed by atoms with E-state index in [0.29, 0.717) is 19.0 Å². The molecule has 26 heavy (non-hydrogen) atoms. The third-order valence-electron chi connectivity index (χ3n) is 3.96. The Morgan fingerprint density at radius 3 is 2.35 bits per heavy atom. The monoisotopic (exact) mass is 389 g/mol. The second kappa shape index (κ2) is 8.41. The SMILES string of the molecule is NC(N)=NCCCC(=O)N1CCN(S(=O)(=O)c2ccc(F)c(F)c2)CC1. The van der Waals surface area contributed by atoms with E-state index in [1.165, 1.54) is 0 Å². The van der Waals surface area contributed by atoms with E-state index >= 15 is 0 Å². The summed E-state index contributed by atoms with van der Waals surface area (Å²) >= 11 is 0. The topological polar surface area (TPSA) is 122 Å². The van der Waals surface area contributed by atoms with E-state index in [1.807, 2.05) is 0 Å². The van der Waals surface area contributed by atoms with Gasteiger partial charge in [0, 0.05) is 39.1 Å². The standard InChI is InChI=1S/C15H21F2N5O3S/c16-12-4-3-11(10-13(12)17)26(24,25)22-8-6-21(7-9-22)14(23)2-1-5-20-15(18)19/h3-4,10H,1-2,5-9H2,(H4,18,19,20). The zero-order chi connectivity index (χ0) is 19.3. The lowest BCUT2D eigenvalue weighted by Crippen LogP contribution is -2.50. The highest BCUT2D eigenvalue weighted by atomic mass is 32.2. The first-order valence-electron chi connectivity index (χ1n) is 8.00. The van der Waals surface area contributed by atoms with E-state index in [9.17, 15) is 22.0 Å².